The summed E-state index contributed by atoms with van der Waals surface area (Å²) in [4.78, 5) is 2.32. The second-order valence-corrected chi connectivity index (χ2v) is 11.1. The Morgan fingerprint density at radius 2 is 1.40 bits per heavy atom. The van der Waals surface area contributed by atoms with E-state index in [-0.39, 0.29) is 6.17 Å². The lowest BCUT2D eigenvalue weighted by Crippen LogP contribution is -2.23. The van der Waals surface area contributed by atoms with Gasteiger partial charge in [0.25, 0.3) is 0 Å². The highest BCUT2D eigenvalue weighted by Gasteiger charge is 2.27. The summed E-state index contributed by atoms with van der Waals surface area (Å²) in [5.74, 6) is 0. The van der Waals surface area contributed by atoms with Crippen molar-refractivity contribution in [2.24, 2.45) is 0 Å². The van der Waals surface area contributed by atoms with Gasteiger partial charge in [-0.3, -0.25) is 0 Å². The number of aromatic nitrogens is 1. The van der Waals surface area contributed by atoms with Crippen LogP contribution in [0.1, 0.15) is 11.7 Å². The van der Waals surface area contributed by atoms with Crippen LogP contribution in [0.25, 0.3) is 60.6 Å². The third-order valence-corrected chi connectivity index (χ3v) is 8.79. The molecule has 3 heterocycles. The highest BCUT2D eigenvalue weighted by atomic mass is 16.3. The molecule has 4 nitrogen and oxygen atoms in total. The number of para-hydroxylation sites is 2. The van der Waals surface area contributed by atoms with Crippen molar-refractivity contribution < 1.29 is 4.42 Å². The Kier molecular flexibility index (Phi) is 4.85. The average Bonchev–Trinajstić information content (AvgIpc) is 3.70. The summed E-state index contributed by atoms with van der Waals surface area (Å²) in [7, 11) is 2.16. The molecule has 1 N–H and O–H groups in total. The zero-order chi connectivity index (χ0) is 27.8. The molecule has 0 bridgehead atoms. The lowest BCUT2D eigenvalue weighted by Gasteiger charge is -2.22. The predicted molar refractivity (Wildman–Crippen MR) is 175 cm³/mol. The van der Waals surface area contributed by atoms with Crippen molar-refractivity contribution >= 4 is 55.1 Å². The number of hydrogen-bond acceptors (Lipinski definition) is 3. The van der Waals surface area contributed by atoms with Crippen molar-refractivity contribution in [3.05, 3.63) is 139 Å². The van der Waals surface area contributed by atoms with E-state index in [1.807, 2.05) is 6.07 Å². The number of nitrogens with zero attached hydrogens (tertiary/aromatic N) is 2. The molecule has 0 spiro atoms. The third-order valence-electron chi connectivity index (χ3n) is 8.79. The molecule has 0 aliphatic carbocycles. The normalized spacial score (nSPS) is 14.7. The Labute approximate surface area is 243 Å². The zero-order valence-corrected chi connectivity index (χ0v) is 23.1. The lowest BCUT2D eigenvalue weighted by atomic mass is 10.0. The minimum Gasteiger partial charge on any atom is -0.455 e. The molecular formula is C38H27N3O. The van der Waals surface area contributed by atoms with Crippen LogP contribution in [0.2, 0.25) is 0 Å². The van der Waals surface area contributed by atoms with Gasteiger partial charge < -0.3 is 19.2 Å². The van der Waals surface area contributed by atoms with E-state index in [1.165, 1.54) is 33.3 Å². The number of benzene rings is 6. The number of anilines is 2. The largest absolute Gasteiger partial charge is 0.455 e. The molecule has 0 saturated carbocycles. The summed E-state index contributed by atoms with van der Waals surface area (Å²) in [6, 6.07) is 47.6. The van der Waals surface area contributed by atoms with Gasteiger partial charge in [-0.05, 0) is 65.2 Å². The van der Waals surface area contributed by atoms with Gasteiger partial charge in [-0.1, -0.05) is 84.9 Å². The molecule has 0 radical (unpaired) electrons. The smallest absolute Gasteiger partial charge is 0.145 e. The van der Waals surface area contributed by atoms with Crippen molar-refractivity contribution in [1.29, 1.82) is 0 Å². The molecular weight excluding hydrogens is 514 g/mol. The summed E-state index contributed by atoms with van der Waals surface area (Å²) in [5, 5.41) is 8.34. The lowest BCUT2D eigenvalue weighted by molar-refractivity contribution is 0.673. The van der Waals surface area contributed by atoms with Gasteiger partial charge >= 0.3 is 0 Å². The summed E-state index contributed by atoms with van der Waals surface area (Å²) in [6.45, 7) is 0. The van der Waals surface area contributed by atoms with Crippen LogP contribution in [0.3, 0.4) is 0 Å². The zero-order valence-electron chi connectivity index (χ0n) is 23.1. The summed E-state index contributed by atoms with van der Waals surface area (Å²) in [5.41, 5.74) is 11.3. The number of rotatable bonds is 3. The predicted octanol–water partition coefficient (Wildman–Crippen LogP) is 9.91. The number of furan rings is 1. The highest BCUT2D eigenvalue weighted by molar-refractivity contribution is 6.23. The molecule has 1 unspecified atom stereocenters. The van der Waals surface area contributed by atoms with E-state index in [9.17, 15) is 0 Å². The molecule has 200 valence electrons. The first-order valence-electron chi connectivity index (χ1n) is 14.4. The van der Waals surface area contributed by atoms with E-state index in [0.717, 1.165) is 44.2 Å². The Hall–Kier alpha value is -5.48. The second kappa shape index (κ2) is 8.76. The van der Waals surface area contributed by atoms with E-state index >= 15 is 0 Å². The average molecular weight is 542 g/mol. The molecule has 4 heteroatoms. The van der Waals surface area contributed by atoms with Crippen LogP contribution in [0.4, 0.5) is 11.4 Å². The van der Waals surface area contributed by atoms with Gasteiger partial charge in [0.15, 0.2) is 0 Å². The molecule has 42 heavy (non-hydrogen) atoms. The van der Waals surface area contributed by atoms with E-state index in [1.54, 1.807) is 0 Å². The van der Waals surface area contributed by atoms with Gasteiger partial charge in [0.2, 0.25) is 0 Å². The van der Waals surface area contributed by atoms with Crippen molar-refractivity contribution in [2.75, 3.05) is 17.3 Å². The topological polar surface area (TPSA) is 33.3 Å². The number of fused-ring (bicyclic) bond motifs is 8. The molecule has 1 aliphatic rings. The minimum absolute atomic E-state index is 0.121. The van der Waals surface area contributed by atoms with Crippen molar-refractivity contribution in [2.45, 2.75) is 6.17 Å². The van der Waals surface area contributed by atoms with Crippen LogP contribution in [0, 0.1) is 0 Å². The quantitative estimate of drug-likeness (QED) is 0.242. The van der Waals surface area contributed by atoms with Gasteiger partial charge in [-0.2, -0.15) is 0 Å². The molecule has 9 rings (SSSR count). The van der Waals surface area contributed by atoms with E-state index < -0.39 is 0 Å². The van der Waals surface area contributed by atoms with Crippen LogP contribution in [0.5, 0.6) is 0 Å². The highest BCUT2D eigenvalue weighted by Crippen LogP contribution is 2.43. The molecule has 0 fully saturated rings. The Bertz CT molecular complexity index is 2310. The van der Waals surface area contributed by atoms with E-state index in [2.05, 4.69) is 149 Å². The number of nitrogens with one attached hydrogen (secondary N) is 1. The Balaban J connectivity index is 1.19. The Morgan fingerprint density at radius 3 is 2.31 bits per heavy atom. The van der Waals surface area contributed by atoms with Crippen LogP contribution in [-0.2, 0) is 0 Å². The first-order chi connectivity index (χ1) is 20.7. The maximum absolute atomic E-state index is 6.49. The summed E-state index contributed by atoms with van der Waals surface area (Å²) >= 11 is 0. The molecule has 0 saturated heterocycles. The van der Waals surface area contributed by atoms with Crippen LogP contribution < -0.4 is 10.2 Å². The monoisotopic (exact) mass is 541 g/mol. The summed E-state index contributed by atoms with van der Waals surface area (Å²) < 4.78 is 8.85. The molecule has 6 aromatic carbocycles. The molecule has 0 amide bonds. The van der Waals surface area contributed by atoms with Gasteiger partial charge in [-0.15, -0.1) is 0 Å². The molecule has 2 aromatic heterocycles. The SMILES string of the molecule is CN1c2cc(-c3cccc(-n4c5ccccc5c5c6oc7ccccc7c6ccc54)c3)ccc2NC1c1ccccc1. The van der Waals surface area contributed by atoms with Gasteiger partial charge in [0.1, 0.15) is 17.3 Å². The number of hydrogen-bond donors (Lipinski definition) is 1. The fraction of sp³-hybridized carbons (Fsp3) is 0.0526. The van der Waals surface area contributed by atoms with Crippen molar-refractivity contribution in [3.8, 4) is 16.8 Å². The maximum Gasteiger partial charge on any atom is 0.145 e. The van der Waals surface area contributed by atoms with Gasteiger partial charge in [-0.25, -0.2) is 0 Å². The van der Waals surface area contributed by atoms with Crippen LogP contribution in [0.15, 0.2) is 138 Å². The summed E-state index contributed by atoms with van der Waals surface area (Å²) in [6.07, 6.45) is 0.121. The Morgan fingerprint density at radius 1 is 0.619 bits per heavy atom. The fourth-order valence-corrected chi connectivity index (χ4v) is 6.79. The van der Waals surface area contributed by atoms with Crippen molar-refractivity contribution in [1.82, 2.24) is 4.57 Å². The van der Waals surface area contributed by atoms with Crippen LogP contribution >= 0.6 is 0 Å². The maximum atomic E-state index is 6.49. The van der Waals surface area contributed by atoms with Crippen LogP contribution in [-0.4, -0.2) is 11.6 Å². The van der Waals surface area contributed by atoms with Gasteiger partial charge in [0, 0.05) is 28.9 Å². The standard InChI is InChI=1S/C38H27N3O/c1-40-34-23-26(18-20-31(34)39-38(40)24-10-3-2-4-11-24)25-12-9-13-27(22-25)41-32-16-7-5-15-30(32)36-33(41)21-19-29-28-14-6-8-17-35(28)42-37(29)36/h2-23,38-39H,1H3. The molecule has 1 aliphatic heterocycles. The third kappa shape index (κ3) is 3.29. The second-order valence-electron chi connectivity index (χ2n) is 11.1. The molecule has 1 atom stereocenters. The fourth-order valence-electron chi connectivity index (χ4n) is 6.79. The van der Waals surface area contributed by atoms with Crippen molar-refractivity contribution in [3.63, 3.8) is 0 Å². The van der Waals surface area contributed by atoms with Gasteiger partial charge in [0.05, 0.1) is 27.8 Å². The van der Waals surface area contributed by atoms with E-state index in [4.69, 9.17) is 4.42 Å². The van der Waals surface area contributed by atoms with E-state index in [0.29, 0.717) is 0 Å². The minimum atomic E-state index is 0.121. The first-order valence-corrected chi connectivity index (χ1v) is 14.4. The first kappa shape index (κ1) is 23.2. The molecule has 8 aromatic rings.